The summed E-state index contributed by atoms with van der Waals surface area (Å²) in [5.41, 5.74) is 2.16. The van der Waals surface area contributed by atoms with Crippen molar-refractivity contribution in [1.29, 1.82) is 0 Å². The fourth-order valence-corrected chi connectivity index (χ4v) is 3.12. The zero-order valence-corrected chi connectivity index (χ0v) is 18.1. The van der Waals surface area contributed by atoms with Gasteiger partial charge in [0.15, 0.2) is 0 Å². The highest BCUT2D eigenvalue weighted by Crippen LogP contribution is 2.19. The fourth-order valence-electron chi connectivity index (χ4n) is 3.12. The number of ether oxygens (including phenoxy) is 2. The summed E-state index contributed by atoms with van der Waals surface area (Å²) in [4.78, 5) is 0. The van der Waals surface area contributed by atoms with E-state index in [1.165, 1.54) is 38.5 Å². The molecule has 27 heavy (non-hydrogen) atoms. The molecule has 0 heterocycles. The third kappa shape index (κ3) is 12.9. The Morgan fingerprint density at radius 1 is 0.704 bits per heavy atom. The van der Waals surface area contributed by atoms with Crippen molar-refractivity contribution in [3.05, 3.63) is 29.3 Å². The van der Waals surface area contributed by atoms with Gasteiger partial charge in [-0.1, -0.05) is 72.3 Å². The minimum Gasteiger partial charge on any atom is -0.508 e. The molecule has 3 nitrogen and oxygen atoms in total. The molecule has 0 fully saturated rings. The predicted molar refractivity (Wildman–Crippen MR) is 114 cm³/mol. The quantitative estimate of drug-likeness (QED) is 0.319. The molecule has 0 aliphatic rings. The number of phenols is 1. The van der Waals surface area contributed by atoms with Crippen molar-refractivity contribution < 1.29 is 14.6 Å². The van der Waals surface area contributed by atoms with Crippen LogP contribution in [0.25, 0.3) is 0 Å². The number of unbranched alkanes of at least 4 members (excludes halogenated alkanes) is 4. The Hall–Kier alpha value is -1.06. The van der Waals surface area contributed by atoms with Gasteiger partial charge in [-0.2, -0.15) is 0 Å². The molecule has 0 bridgehead atoms. The molecule has 0 aliphatic carbocycles. The van der Waals surface area contributed by atoms with Gasteiger partial charge in [0.25, 0.3) is 0 Å². The van der Waals surface area contributed by atoms with Gasteiger partial charge >= 0.3 is 0 Å². The van der Waals surface area contributed by atoms with Gasteiger partial charge in [-0.25, -0.2) is 0 Å². The Morgan fingerprint density at radius 2 is 1.22 bits per heavy atom. The maximum Gasteiger partial charge on any atom is 0.115 e. The van der Waals surface area contributed by atoms with Gasteiger partial charge in [-0.05, 0) is 47.9 Å². The van der Waals surface area contributed by atoms with E-state index >= 15 is 0 Å². The Labute approximate surface area is 167 Å². The van der Waals surface area contributed by atoms with Crippen LogP contribution < -0.4 is 0 Å². The summed E-state index contributed by atoms with van der Waals surface area (Å²) in [6, 6.07) is 5.49. The molecule has 3 heteroatoms. The number of rotatable bonds is 16. The molecule has 0 aliphatic heterocycles. The first kappa shape index (κ1) is 24.0. The first-order valence-electron chi connectivity index (χ1n) is 10.9. The van der Waals surface area contributed by atoms with Gasteiger partial charge in [0.05, 0.1) is 13.2 Å². The lowest BCUT2D eigenvalue weighted by Gasteiger charge is -2.12. The maximum absolute atomic E-state index is 9.78. The van der Waals surface area contributed by atoms with Gasteiger partial charge in [0.1, 0.15) is 5.75 Å². The van der Waals surface area contributed by atoms with Crippen LogP contribution in [0.3, 0.4) is 0 Å². The van der Waals surface area contributed by atoms with Crippen molar-refractivity contribution in [2.45, 2.75) is 92.3 Å². The normalized spacial score (nSPS) is 11.6. The third-order valence-corrected chi connectivity index (χ3v) is 4.85. The molecular weight excluding hydrogens is 336 g/mol. The number of phenolic OH excluding ortho intramolecular Hbond substituents is 1. The SMILES string of the molecule is CC(C)CCCCCOCc1ccc(O)cc1COCCCCCC(C)C. The Morgan fingerprint density at radius 3 is 1.74 bits per heavy atom. The van der Waals surface area contributed by atoms with E-state index in [1.54, 1.807) is 12.1 Å². The van der Waals surface area contributed by atoms with Crippen LogP contribution in [-0.2, 0) is 22.7 Å². The van der Waals surface area contributed by atoms with Crippen LogP contribution >= 0.6 is 0 Å². The Bertz CT molecular complexity index is 483. The Kier molecular flexibility index (Phi) is 13.3. The van der Waals surface area contributed by atoms with Crippen LogP contribution in [0.2, 0.25) is 0 Å². The van der Waals surface area contributed by atoms with Crippen LogP contribution in [0.4, 0.5) is 0 Å². The Balaban J connectivity index is 2.23. The third-order valence-electron chi connectivity index (χ3n) is 4.85. The molecule has 1 aromatic carbocycles. The highest BCUT2D eigenvalue weighted by molar-refractivity contribution is 5.34. The molecule has 0 saturated carbocycles. The molecule has 0 radical (unpaired) electrons. The van der Waals surface area contributed by atoms with Gasteiger partial charge in [0, 0.05) is 13.2 Å². The second-order valence-electron chi connectivity index (χ2n) is 8.54. The molecule has 1 aromatic rings. The molecule has 0 spiro atoms. The average Bonchev–Trinajstić information content (AvgIpc) is 2.61. The standard InChI is InChI=1S/C24H42O3/c1-20(2)11-7-5-9-15-26-18-22-13-14-24(25)17-23(22)19-27-16-10-6-8-12-21(3)4/h13-14,17,20-21,25H,5-12,15-16,18-19H2,1-4H3. The lowest BCUT2D eigenvalue weighted by Crippen LogP contribution is -2.03. The van der Waals surface area contributed by atoms with E-state index in [2.05, 4.69) is 27.7 Å². The van der Waals surface area contributed by atoms with E-state index in [-0.39, 0.29) is 0 Å². The van der Waals surface area contributed by atoms with Crippen LogP contribution in [0.15, 0.2) is 18.2 Å². The highest BCUT2D eigenvalue weighted by Gasteiger charge is 2.05. The van der Waals surface area contributed by atoms with Crippen molar-refractivity contribution >= 4 is 0 Å². The van der Waals surface area contributed by atoms with Crippen LogP contribution in [0, 0.1) is 11.8 Å². The van der Waals surface area contributed by atoms with Crippen LogP contribution in [0.1, 0.15) is 90.2 Å². The summed E-state index contributed by atoms with van der Waals surface area (Å²) in [6.07, 6.45) is 9.86. The highest BCUT2D eigenvalue weighted by atomic mass is 16.5. The second kappa shape index (κ2) is 14.9. The van der Waals surface area contributed by atoms with Gasteiger partial charge in [-0.3, -0.25) is 0 Å². The monoisotopic (exact) mass is 378 g/mol. The van der Waals surface area contributed by atoms with Crippen molar-refractivity contribution in [3.8, 4) is 5.75 Å². The summed E-state index contributed by atoms with van der Waals surface area (Å²) in [5, 5.41) is 9.78. The second-order valence-corrected chi connectivity index (χ2v) is 8.54. The number of benzene rings is 1. The maximum atomic E-state index is 9.78. The lowest BCUT2D eigenvalue weighted by molar-refractivity contribution is 0.103. The lowest BCUT2D eigenvalue weighted by atomic mass is 10.1. The van der Waals surface area contributed by atoms with E-state index < -0.39 is 0 Å². The summed E-state index contributed by atoms with van der Waals surface area (Å²) in [7, 11) is 0. The van der Waals surface area contributed by atoms with Crippen molar-refractivity contribution in [2.24, 2.45) is 11.8 Å². The van der Waals surface area contributed by atoms with E-state index in [1.807, 2.05) is 6.07 Å². The summed E-state index contributed by atoms with van der Waals surface area (Å²) < 4.78 is 11.7. The number of aromatic hydroxyl groups is 1. The van der Waals surface area contributed by atoms with E-state index in [0.717, 1.165) is 49.0 Å². The van der Waals surface area contributed by atoms with E-state index in [9.17, 15) is 5.11 Å². The molecule has 1 N–H and O–H groups in total. The minimum absolute atomic E-state index is 0.294. The van der Waals surface area contributed by atoms with Gasteiger partial charge in [0.2, 0.25) is 0 Å². The number of hydrogen-bond donors (Lipinski definition) is 1. The molecule has 1 rings (SSSR count). The zero-order chi connectivity index (χ0) is 19.9. The first-order chi connectivity index (χ1) is 13.0. The largest absolute Gasteiger partial charge is 0.508 e. The van der Waals surface area contributed by atoms with Crippen molar-refractivity contribution in [2.75, 3.05) is 13.2 Å². The van der Waals surface area contributed by atoms with Crippen LogP contribution in [-0.4, -0.2) is 18.3 Å². The smallest absolute Gasteiger partial charge is 0.115 e. The molecular formula is C24H42O3. The topological polar surface area (TPSA) is 38.7 Å². The fraction of sp³-hybridized carbons (Fsp3) is 0.750. The molecule has 0 atom stereocenters. The molecule has 156 valence electrons. The summed E-state index contributed by atoms with van der Waals surface area (Å²) in [6.45, 7) is 11.8. The average molecular weight is 379 g/mol. The van der Waals surface area contributed by atoms with E-state index in [4.69, 9.17) is 9.47 Å². The number of hydrogen-bond acceptors (Lipinski definition) is 3. The van der Waals surface area contributed by atoms with Gasteiger partial charge < -0.3 is 14.6 Å². The molecule has 0 saturated heterocycles. The predicted octanol–water partition coefficient (Wildman–Crippen LogP) is 6.86. The first-order valence-corrected chi connectivity index (χ1v) is 10.9. The summed E-state index contributed by atoms with van der Waals surface area (Å²) in [5.74, 6) is 1.87. The van der Waals surface area contributed by atoms with Gasteiger partial charge in [-0.15, -0.1) is 0 Å². The zero-order valence-electron chi connectivity index (χ0n) is 18.1. The molecule has 0 amide bonds. The molecule has 0 aromatic heterocycles. The van der Waals surface area contributed by atoms with Crippen LogP contribution in [0.5, 0.6) is 5.75 Å². The van der Waals surface area contributed by atoms with E-state index in [0.29, 0.717) is 19.0 Å². The summed E-state index contributed by atoms with van der Waals surface area (Å²) >= 11 is 0. The minimum atomic E-state index is 0.294. The molecule has 0 unspecified atom stereocenters. The van der Waals surface area contributed by atoms with Crippen molar-refractivity contribution in [3.63, 3.8) is 0 Å². The van der Waals surface area contributed by atoms with Crippen molar-refractivity contribution in [1.82, 2.24) is 0 Å².